The van der Waals surface area contributed by atoms with Crippen LogP contribution >= 0.6 is 0 Å². The third kappa shape index (κ3) is 3.07. The van der Waals surface area contributed by atoms with Crippen LogP contribution in [-0.4, -0.2) is 24.5 Å². The first-order valence-corrected chi connectivity index (χ1v) is 9.37. The summed E-state index contributed by atoms with van der Waals surface area (Å²) in [6.07, 6.45) is 3.42. The normalized spacial score (nSPS) is 17.6. The van der Waals surface area contributed by atoms with Crippen molar-refractivity contribution in [3.8, 4) is 5.75 Å². The summed E-state index contributed by atoms with van der Waals surface area (Å²) in [5, 5.41) is 0. The molecular weight excluding hydrogens is 352 g/mol. The van der Waals surface area contributed by atoms with E-state index in [2.05, 4.69) is 0 Å². The van der Waals surface area contributed by atoms with Crippen molar-refractivity contribution in [3.63, 3.8) is 0 Å². The lowest BCUT2D eigenvalue weighted by molar-refractivity contribution is -0.114. The molecule has 0 radical (unpaired) electrons. The molecule has 1 aromatic rings. The van der Waals surface area contributed by atoms with E-state index in [9.17, 15) is 14.4 Å². The fraction of sp³-hybridized carbons (Fsp3) is 0.375. The number of benzene rings is 1. The van der Waals surface area contributed by atoms with Gasteiger partial charge in [-0.05, 0) is 34.6 Å². The van der Waals surface area contributed by atoms with Crippen LogP contribution in [0.4, 0.5) is 0 Å². The zero-order chi connectivity index (χ0) is 21.0. The molecule has 2 aliphatic carbocycles. The highest BCUT2D eigenvalue weighted by atomic mass is 16.5. The molecule has 2 aliphatic rings. The molecular formula is C24H26O4. The molecule has 4 heteroatoms. The topological polar surface area (TPSA) is 60.4 Å². The minimum atomic E-state index is -0.414. The Morgan fingerprint density at radius 1 is 0.750 bits per heavy atom. The van der Waals surface area contributed by atoms with E-state index in [1.165, 1.54) is 7.11 Å². The molecule has 1 aromatic carbocycles. The van der Waals surface area contributed by atoms with E-state index in [1.54, 1.807) is 30.4 Å². The SMILES string of the molecule is COc1cccc2c1C(=O)C(=C1C=C(C(C)(C)C)C(=O)C(C(C)(C)C)=C1)C2=O. The number of ether oxygens (including phenoxy) is 1. The van der Waals surface area contributed by atoms with Crippen LogP contribution in [0, 0.1) is 10.8 Å². The van der Waals surface area contributed by atoms with Gasteiger partial charge in [0.15, 0.2) is 11.6 Å². The lowest BCUT2D eigenvalue weighted by Crippen LogP contribution is -2.28. The number of fused-ring (bicyclic) bond motifs is 1. The Morgan fingerprint density at radius 3 is 1.75 bits per heavy atom. The maximum absolute atomic E-state index is 13.2. The van der Waals surface area contributed by atoms with Gasteiger partial charge in [-0.25, -0.2) is 0 Å². The first kappa shape index (κ1) is 20.0. The third-order valence-electron chi connectivity index (χ3n) is 5.17. The molecule has 0 saturated heterocycles. The highest BCUT2D eigenvalue weighted by Gasteiger charge is 2.40. The largest absolute Gasteiger partial charge is 0.496 e. The number of methoxy groups -OCH3 is 1. The van der Waals surface area contributed by atoms with E-state index in [0.717, 1.165) is 0 Å². The van der Waals surface area contributed by atoms with E-state index in [1.807, 2.05) is 41.5 Å². The maximum atomic E-state index is 13.2. The Hall–Kier alpha value is -2.75. The van der Waals surface area contributed by atoms with Gasteiger partial charge in [-0.2, -0.15) is 0 Å². The van der Waals surface area contributed by atoms with Crippen molar-refractivity contribution in [2.45, 2.75) is 41.5 Å². The van der Waals surface area contributed by atoms with Gasteiger partial charge in [-0.3, -0.25) is 14.4 Å². The number of Topliss-reactive ketones (excluding diaryl/α,β-unsaturated/α-hetero) is 3. The minimum Gasteiger partial charge on any atom is -0.496 e. The molecule has 146 valence electrons. The Morgan fingerprint density at radius 2 is 1.29 bits per heavy atom. The molecule has 0 saturated carbocycles. The Kier molecular flexibility index (Phi) is 4.57. The van der Waals surface area contributed by atoms with E-state index >= 15 is 0 Å². The van der Waals surface area contributed by atoms with Gasteiger partial charge in [-0.15, -0.1) is 0 Å². The molecule has 0 spiro atoms. The molecule has 0 aromatic heterocycles. The predicted octanol–water partition coefficient (Wildman–Crippen LogP) is 4.90. The quantitative estimate of drug-likeness (QED) is 0.515. The average Bonchev–Trinajstić information content (AvgIpc) is 2.84. The van der Waals surface area contributed by atoms with Crippen molar-refractivity contribution < 1.29 is 19.1 Å². The van der Waals surface area contributed by atoms with Crippen molar-refractivity contribution in [2.75, 3.05) is 7.11 Å². The van der Waals surface area contributed by atoms with Crippen molar-refractivity contribution in [1.82, 2.24) is 0 Å². The Bertz CT molecular complexity index is 966. The Balaban J connectivity index is 2.31. The van der Waals surface area contributed by atoms with Gasteiger partial charge < -0.3 is 4.74 Å². The van der Waals surface area contributed by atoms with Crippen molar-refractivity contribution in [2.24, 2.45) is 10.8 Å². The summed E-state index contributed by atoms with van der Waals surface area (Å²) >= 11 is 0. The predicted molar refractivity (Wildman–Crippen MR) is 109 cm³/mol. The molecule has 0 bridgehead atoms. The van der Waals surface area contributed by atoms with E-state index in [0.29, 0.717) is 33.6 Å². The van der Waals surface area contributed by atoms with Crippen LogP contribution in [0.1, 0.15) is 62.3 Å². The van der Waals surface area contributed by atoms with E-state index in [4.69, 9.17) is 4.74 Å². The van der Waals surface area contributed by atoms with Crippen LogP contribution in [0.15, 0.2) is 52.6 Å². The van der Waals surface area contributed by atoms with Crippen LogP contribution in [0.3, 0.4) is 0 Å². The van der Waals surface area contributed by atoms with Gasteiger partial charge in [0.2, 0.25) is 5.78 Å². The highest BCUT2D eigenvalue weighted by molar-refractivity contribution is 6.41. The monoisotopic (exact) mass is 378 g/mol. The molecule has 0 heterocycles. The average molecular weight is 378 g/mol. The van der Waals surface area contributed by atoms with Gasteiger partial charge in [0.05, 0.1) is 18.2 Å². The number of rotatable bonds is 1. The van der Waals surface area contributed by atoms with Crippen molar-refractivity contribution >= 4 is 17.3 Å². The number of allylic oxidation sites excluding steroid dienone is 6. The molecule has 0 atom stereocenters. The van der Waals surface area contributed by atoms with Gasteiger partial charge >= 0.3 is 0 Å². The van der Waals surface area contributed by atoms with E-state index < -0.39 is 10.8 Å². The number of hydrogen-bond donors (Lipinski definition) is 0. The van der Waals surface area contributed by atoms with Crippen LogP contribution in [0.25, 0.3) is 0 Å². The smallest absolute Gasteiger partial charge is 0.202 e. The molecule has 28 heavy (non-hydrogen) atoms. The molecule has 0 aliphatic heterocycles. The summed E-state index contributed by atoms with van der Waals surface area (Å²) in [6, 6.07) is 5.02. The summed E-state index contributed by atoms with van der Waals surface area (Å²) in [6.45, 7) is 11.8. The van der Waals surface area contributed by atoms with Crippen LogP contribution in [0.5, 0.6) is 5.75 Å². The fourth-order valence-electron chi connectivity index (χ4n) is 3.64. The number of ketones is 3. The molecule has 0 N–H and O–H groups in total. The van der Waals surface area contributed by atoms with Crippen molar-refractivity contribution in [3.05, 3.63) is 63.8 Å². The fourth-order valence-corrected chi connectivity index (χ4v) is 3.64. The molecule has 0 amide bonds. The minimum absolute atomic E-state index is 0.0302. The zero-order valence-electron chi connectivity index (χ0n) is 17.5. The summed E-state index contributed by atoms with van der Waals surface area (Å²) in [5.41, 5.74) is 1.63. The molecule has 0 fully saturated rings. The second-order valence-corrected chi connectivity index (χ2v) is 9.32. The second-order valence-electron chi connectivity index (χ2n) is 9.32. The number of hydrogen-bond acceptors (Lipinski definition) is 4. The van der Waals surface area contributed by atoms with Crippen LogP contribution < -0.4 is 4.74 Å². The van der Waals surface area contributed by atoms with Crippen molar-refractivity contribution in [1.29, 1.82) is 0 Å². The lowest BCUT2D eigenvalue weighted by atomic mass is 9.71. The number of carbonyl (C=O) groups excluding carboxylic acids is 3. The van der Waals surface area contributed by atoms with Gasteiger partial charge in [0, 0.05) is 16.7 Å². The molecule has 0 unspecified atom stereocenters. The number of carbonyl (C=O) groups is 3. The van der Waals surface area contributed by atoms with Crippen LogP contribution in [-0.2, 0) is 4.79 Å². The first-order chi connectivity index (χ1) is 12.9. The molecule has 3 rings (SSSR count). The van der Waals surface area contributed by atoms with Gasteiger partial charge in [-0.1, -0.05) is 53.7 Å². The maximum Gasteiger partial charge on any atom is 0.202 e. The molecule has 4 nitrogen and oxygen atoms in total. The third-order valence-corrected chi connectivity index (χ3v) is 5.17. The standard InChI is InChI=1S/C24H26O4/c1-23(2,3)15-11-13(12-16(21(15)26)24(4,5)6)18-20(25)14-9-8-10-17(28-7)19(14)22(18)27/h8-12H,1-7H3. The summed E-state index contributed by atoms with van der Waals surface area (Å²) in [5.74, 6) is -0.316. The zero-order valence-corrected chi connectivity index (χ0v) is 17.5. The highest BCUT2D eigenvalue weighted by Crippen LogP contribution is 2.42. The summed E-state index contributed by atoms with van der Waals surface area (Å²) < 4.78 is 5.30. The van der Waals surface area contributed by atoms with Gasteiger partial charge in [0.25, 0.3) is 0 Å². The van der Waals surface area contributed by atoms with Crippen LogP contribution in [0.2, 0.25) is 0 Å². The van der Waals surface area contributed by atoms with Gasteiger partial charge in [0.1, 0.15) is 5.75 Å². The summed E-state index contributed by atoms with van der Waals surface area (Å²) in [4.78, 5) is 39.4. The first-order valence-electron chi connectivity index (χ1n) is 9.37. The lowest BCUT2D eigenvalue weighted by Gasteiger charge is -2.31. The Labute approximate surface area is 166 Å². The second kappa shape index (κ2) is 6.40. The summed E-state index contributed by atoms with van der Waals surface area (Å²) in [7, 11) is 1.48. The van der Waals surface area contributed by atoms with E-state index in [-0.39, 0.29) is 22.9 Å².